The first kappa shape index (κ1) is 12.0. The van der Waals surface area contributed by atoms with Gasteiger partial charge in [-0.1, -0.05) is 0 Å². The number of carbonyl (C=O) groups is 2. The lowest BCUT2D eigenvalue weighted by Crippen LogP contribution is -2.44. The number of rotatable bonds is 3. The third kappa shape index (κ3) is 4.29. The molecule has 0 aromatic carbocycles. The standard InChI is InChI=1S/C10H18N2O3/c1-7(2)12-10(14)9(13)11-6-8-4-3-5-15-8/h7-8H,3-6H2,1-2H3,(H,11,13)(H,12,14)/t8-/m0/s1. The van der Waals surface area contributed by atoms with Gasteiger partial charge in [0.05, 0.1) is 6.10 Å². The Morgan fingerprint density at radius 1 is 1.40 bits per heavy atom. The van der Waals surface area contributed by atoms with E-state index in [0.717, 1.165) is 19.4 Å². The van der Waals surface area contributed by atoms with Gasteiger partial charge in [-0.2, -0.15) is 0 Å². The molecule has 0 aromatic rings. The molecule has 0 spiro atoms. The predicted octanol–water partition coefficient (Wildman–Crippen LogP) is -0.194. The minimum absolute atomic E-state index is 0.0222. The van der Waals surface area contributed by atoms with Crippen molar-refractivity contribution in [2.24, 2.45) is 0 Å². The van der Waals surface area contributed by atoms with E-state index in [2.05, 4.69) is 10.6 Å². The molecule has 1 fully saturated rings. The number of hydrogen-bond acceptors (Lipinski definition) is 3. The van der Waals surface area contributed by atoms with Crippen molar-refractivity contribution >= 4 is 11.8 Å². The molecule has 1 saturated heterocycles. The second-order valence-electron chi connectivity index (χ2n) is 3.97. The third-order valence-corrected chi connectivity index (χ3v) is 2.14. The summed E-state index contributed by atoms with van der Waals surface area (Å²) in [6.07, 6.45) is 2.05. The van der Waals surface area contributed by atoms with Crippen molar-refractivity contribution in [2.75, 3.05) is 13.2 Å². The second kappa shape index (κ2) is 5.70. The zero-order valence-electron chi connectivity index (χ0n) is 9.21. The van der Waals surface area contributed by atoms with Crippen LogP contribution in [0.3, 0.4) is 0 Å². The first-order valence-electron chi connectivity index (χ1n) is 5.30. The van der Waals surface area contributed by atoms with Crippen LogP contribution in [0.2, 0.25) is 0 Å². The van der Waals surface area contributed by atoms with Gasteiger partial charge in [0.25, 0.3) is 0 Å². The van der Waals surface area contributed by atoms with Gasteiger partial charge in [-0.05, 0) is 26.7 Å². The molecule has 1 atom stereocenters. The second-order valence-corrected chi connectivity index (χ2v) is 3.97. The number of amides is 2. The van der Waals surface area contributed by atoms with Crippen molar-refractivity contribution in [1.29, 1.82) is 0 Å². The number of hydrogen-bond donors (Lipinski definition) is 2. The molecule has 1 aliphatic heterocycles. The van der Waals surface area contributed by atoms with Crippen LogP contribution in [0.4, 0.5) is 0 Å². The highest BCUT2D eigenvalue weighted by Crippen LogP contribution is 2.10. The Balaban J connectivity index is 2.19. The van der Waals surface area contributed by atoms with Crippen molar-refractivity contribution in [1.82, 2.24) is 10.6 Å². The number of ether oxygens (including phenoxy) is 1. The van der Waals surface area contributed by atoms with Crippen molar-refractivity contribution in [2.45, 2.75) is 38.8 Å². The van der Waals surface area contributed by atoms with Gasteiger partial charge in [-0.15, -0.1) is 0 Å². The van der Waals surface area contributed by atoms with Gasteiger partial charge >= 0.3 is 11.8 Å². The van der Waals surface area contributed by atoms with Crippen LogP contribution < -0.4 is 10.6 Å². The van der Waals surface area contributed by atoms with E-state index in [1.165, 1.54) is 0 Å². The van der Waals surface area contributed by atoms with E-state index >= 15 is 0 Å². The molecule has 1 aliphatic rings. The van der Waals surface area contributed by atoms with Crippen molar-refractivity contribution < 1.29 is 14.3 Å². The average Bonchev–Trinajstić information content (AvgIpc) is 2.65. The molecule has 0 aromatic heterocycles. The Morgan fingerprint density at radius 3 is 2.67 bits per heavy atom. The summed E-state index contributed by atoms with van der Waals surface area (Å²) in [7, 11) is 0. The highest BCUT2D eigenvalue weighted by atomic mass is 16.5. The van der Waals surface area contributed by atoms with E-state index in [1.807, 2.05) is 13.8 Å². The summed E-state index contributed by atoms with van der Waals surface area (Å²) in [5, 5.41) is 5.08. The maximum Gasteiger partial charge on any atom is 0.309 e. The minimum Gasteiger partial charge on any atom is -0.376 e. The quantitative estimate of drug-likeness (QED) is 0.640. The number of carbonyl (C=O) groups excluding carboxylic acids is 2. The van der Waals surface area contributed by atoms with E-state index in [4.69, 9.17) is 4.74 Å². The van der Waals surface area contributed by atoms with E-state index in [0.29, 0.717) is 6.54 Å². The molecular weight excluding hydrogens is 196 g/mol. The van der Waals surface area contributed by atoms with Gasteiger partial charge in [0.1, 0.15) is 0 Å². The summed E-state index contributed by atoms with van der Waals surface area (Å²) in [5.74, 6) is -1.16. The molecule has 15 heavy (non-hydrogen) atoms. The molecule has 86 valence electrons. The lowest BCUT2D eigenvalue weighted by atomic mass is 10.2. The molecule has 0 radical (unpaired) electrons. The third-order valence-electron chi connectivity index (χ3n) is 2.14. The zero-order chi connectivity index (χ0) is 11.3. The Labute approximate surface area is 89.6 Å². The fourth-order valence-corrected chi connectivity index (χ4v) is 1.42. The fourth-order valence-electron chi connectivity index (χ4n) is 1.42. The smallest absolute Gasteiger partial charge is 0.309 e. The van der Waals surface area contributed by atoms with Gasteiger partial charge < -0.3 is 15.4 Å². The van der Waals surface area contributed by atoms with Gasteiger partial charge in [-0.25, -0.2) is 0 Å². The highest BCUT2D eigenvalue weighted by molar-refractivity contribution is 6.35. The van der Waals surface area contributed by atoms with Gasteiger partial charge in [0, 0.05) is 19.2 Å². The minimum atomic E-state index is -0.584. The van der Waals surface area contributed by atoms with Crippen molar-refractivity contribution in [3.8, 4) is 0 Å². The Hall–Kier alpha value is -1.10. The summed E-state index contributed by atoms with van der Waals surface area (Å²) in [5.41, 5.74) is 0. The summed E-state index contributed by atoms with van der Waals surface area (Å²) < 4.78 is 5.32. The normalized spacial score (nSPS) is 20.3. The summed E-state index contributed by atoms with van der Waals surface area (Å²) in [4.78, 5) is 22.5. The maximum absolute atomic E-state index is 11.3. The van der Waals surface area contributed by atoms with E-state index in [9.17, 15) is 9.59 Å². The highest BCUT2D eigenvalue weighted by Gasteiger charge is 2.19. The Kier molecular flexibility index (Phi) is 4.55. The fraction of sp³-hybridized carbons (Fsp3) is 0.800. The van der Waals surface area contributed by atoms with E-state index in [-0.39, 0.29) is 12.1 Å². The topological polar surface area (TPSA) is 67.4 Å². The maximum atomic E-state index is 11.3. The van der Waals surface area contributed by atoms with E-state index in [1.54, 1.807) is 0 Å². The van der Waals surface area contributed by atoms with Gasteiger partial charge in [0.15, 0.2) is 0 Å². The first-order chi connectivity index (χ1) is 7.09. The summed E-state index contributed by atoms with van der Waals surface area (Å²) in [6.45, 7) is 4.79. The average molecular weight is 214 g/mol. The van der Waals surface area contributed by atoms with E-state index < -0.39 is 11.8 Å². The molecule has 0 unspecified atom stereocenters. The van der Waals surface area contributed by atoms with Crippen LogP contribution in [-0.2, 0) is 14.3 Å². The molecule has 0 aliphatic carbocycles. The molecule has 5 heteroatoms. The molecule has 1 heterocycles. The monoisotopic (exact) mass is 214 g/mol. The molecule has 0 saturated carbocycles. The first-order valence-corrected chi connectivity index (χ1v) is 5.30. The molecule has 2 N–H and O–H groups in total. The molecule has 1 rings (SSSR count). The molecular formula is C10H18N2O3. The van der Waals surface area contributed by atoms with Crippen molar-refractivity contribution in [3.63, 3.8) is 0 Å². The Bertz CT molecular complexity index is 235. The lowest BCUT2D eigenvalue weighted by Gasteiger charge is -2.11. The van der Waals surface area contributed by atoms with Crippen LogP contribution in [0.5, 0.6) is 0 Å². The molecule has 2 amide bonds. The van der Waals surface area contributed by atoms with Crippen LogP contribution in [0.15, 0.2) is 0 Å². The largest absolute Gasteiger partial charge is 0.376 e. The van der Waals surface area contributed by atoms with Gasteiger partial charge in [0.2, 0.25) is 0 Å². The van der Waals surface area contributed by atoms with Crippen LogP contribution in [0.25, 0.3) is 0 Å². The Morgan fingerprint density at radius 2 is 2.13 bits per heavy atom. The predicted molar refractivity (Wildman–Crippen MR) is 55.3 cm³/mol. The summed E-state index contributed by atoms with van der Waals surface area (Å²) in [6, 6.07) is -0.0222. The van der Waals surface area contributed by atoms with Crippen LogP contribution in [-0.4, -0.2) is 37.1 Å². The van der Waals surface area contributed by atoms with Gasteiger partial charge in [-0.3, -0.25) is 9.59 Å². The molecule has 5 nitrogen and oxygen atoms in total. The SMILES string of the molecule is CC(C)NC(=O)C(=O)NC[C@@H]1CCCO1. The summed E-state index contributed by atoms with van der Waals surface area (Å²) >= 11 is 0. The zero-order valence-corrected chi connectivity index (χ0v) is 9.21. The van der Waals surface area contributed by atoms with Crippen LogP contribution in [0, 0.1) is 0 Å². The lowest BCUT2D eigenvalue weighted by molar-refractivity contribution is -0.139. The van der Waals surface area contributed by atoms with Crippen LogP contribution >= 0.6 is 0 Å². The number of nitrogens with one attached hydrogen (secondary N) is 2. The van der Waals surface area contributed by atoms with Crippen molar-refractivity contribution in [3.05, 3.63) is 0 Å². The van der Waals surface area contributed by atoms with Crippen LogP contribution in [0.1, 0.15) is 26.7 Å². The molecule has 0 bridgehead atoms.